The topological polar surface area (TPSA) is 83.8 Å². The molecule has 0 aromatic heterocycles. The second kappa shape index (κ2) is 2.95. The van der Waals surface area contributed by atoms with Crippen molar-refractivity contribution in [2.75, 3.05) is 0 Å². The summed E-state index contributed by atoms with van der Waals surface area (Å²) in [6.45, 7) is 0. The third-order valence-electron chi connectivity index (χ3n) is 3.02. The first-order valence-corrected chi connectivity index (χ1v) is 4.66. The number of carboxylic acids is 2. The Hall–Kier alpha value is -1.10. The van der Waals surface area contributed by atoms with Gasteiger partial charge in [-0.1, -0.05) is 0 Å². The SMILES string of the molecule is O=C(O)C[C@@H]1CCC2(C[C@H]2C(=O)O)O1. The van der Waals surface area contributed by atoms with E-state index >= 15 is 0 Å². The van der Waals surface area contributed by atoms with Crippen LogP contribution in [0, 0.1) is 5.92 Å². The summed E-state index contributed by atoms with van der Waals surface area (Å²) in [5.74, 6) is -2.14. The van der Waals surface area contributed by atoms with E-state index in [4.69, 9.17) is 14.9 Å². The first-order chi connectivity index (χ1) is 6.53. The molecule has 1 spiro atoms. The largest absolute Gasteiger partial charge is 0.481 e. The predicted octanol–water partition coefficient (Wildman–Crippen LogP) is 0.483. The highest BCUT2D eigenvalue weighted by molar-refractivity contribution is 5.76. The van der Waals surface area contributed by atoms with Crippen molar-refractivity contribution in [2.24, 2.45) is 5.92 Å². The van der Waals surface area contributed by atoms with E-state index in [2.05, 4.69) is 0 Å². The highest BCUT2D eigenvalue weighted by Crippen LogP contribution is 2.55. The van der Waals surface area contributed by atoms with E-state index in [1.807, 2.05) is 0 Å². The van der Waals surface area contributed by atoms with E-state index in [1.165, 1.54) is 0 Å². The minimum atomic E-state index is -0.889. The average Bonchev–Trinajstić information content (AvgIpc) is 2.61. The molecule has 14 heavy (non-hydrogen) atoms. The molecule has 1 aliphatic carbocycles. The smallest absolute Gasteiger partial charge is 0.309 e. The van der Waals surface area contributed by atoms with Crippen molar-refractivity contribution < 1.29 is 24.5 Å². The Balaban J connectivity index is 1.90. The van der Waals surface area contributed by atoms with Crippen LogP contribution in [-0.2, 0) is 14.3 Å². The molecule has 5 heteroatoms. The predicted molar refractivity (Wildman–Crippen MR) is 44.8 cm³/mol. The van der Waals surface area contributed by atoms with E-state index < -0.39 is 23.5 Å². The van der Waals surface area contributed by atoms with Gasteiger partial charge in [0.25, 0.3) is 0 Å². The lowest BCUT2D eigenvalue weighted by molar-refractivity contribution is -0.142. The number of hydrogen-bond donors (Lipinski definition) is 2. The lowest BCUT2D eigenvalue weighted by Gasteiger charge is -2.10. The van der Waals surface area contributed by atoms with E-state index in [1.54, 1.807) is 0 Å². The van der Waals surface area contributed by atoms with E-state index in [9.17, 15) is 9.59 Å². The number of aliphatic carboxylic acids is 2. The lowest BCUT2D eigenvalue weighted by Crippen LogP contribution is -2.19. The van der Waals surface area contributed by atoms with Gasteiger partial charge < -0.3 is 14.9 Å². The van der Waals surface area contributed by atoms with Gasteiger partial charge in [-0.15, -0.1) is 0 Å². The number of carboxylic acid groups (broad SMARTS) is 2. The third-order valence-corrected chi connectivity index (χ3v) is 3.02. The van der Waals surface area contributed by atoms with Gasteiger partial charge in [-0.25, -0.2) is 0 Å². The van der Waals surface area contributed by atoms with Crippen LogP contribution in [0.3, 0.4) is 0 Å². The molecule has 0 radical (unpaired) electrons. The Bertz CT molecular complexity index is 287. The third kappa shape index (κ3) is 1.48. The molecule has 1 aliphatic heterocycles. The van der Waals surface area contributed by atoms with Gasteiger partial charge in [-0.2, -0.15) is 0 Å². The molecular formula is C9H12O5. The van der Waals surface area contributed by atoms with Gasteiger partial charge in [0, 0.05) is 0 Å². The molecule has 2 fully saturated rings. The van der Waals surface area contributed by atoms with Crippen LogP contribution in [0.4, 0.5) is 0 Å². The summed E-state index contributed by atoms with van der Waals surface area (Å²) in [7, 11) is 0. The summed E-state index contributed by atoms with van der Waals surface area (Å²) in [5, 5.41) is 17.3. The van der Waals surface area contributed by atoms with Crippen LogP contribution in [0.1, 0.15) is 25.7 Å². The molecule has 0 bridgehead atoms. The van der Waals surface area contributed by atoms with Crippen molar-refractivity contribution in [3.8, 4) is 0 Å². The van der Waals surface area contributed by atoms with Gasteiger partial charge in [0.2, 0.25) is 0 Å². The number of rotatable bonds is 3. The van der Waals surface area contributed by atoms with Crippen molar-refractivity contribution >= 4 is 11.9 Å². The Morgan fingerprint density at radius 1 is 1.43 bits per heavy atom. The Morgan fingerprint density at radius 2 is 2.14 bits per heavy atom. The van der Waals surface area contributed by atoms with Crippen LogP contribution in [0.5, 0.6) is 0 Å². The van der Waals surface area contributed by atoms with Gasteiger partial charge in [-0.3, -0.25) is 9.59 Å². The molecule has 1 heterocycles. The van der Waals surface area contributed by atoms with Crippen molar-refractivity contribution in [1.82, 2.24) is 0 Å². The van der Waals surface area contributed by atoms with Crippen LogP contribution in [0.15, 0.2) is 0 Å². The van der Waals surface area contributed by atoms with Gasteiger partial charge in [0.15, 0.2) is 0 Å². The second-order valence-corrected chi connectivity index (χ2v) is 4.04. The van der Waals surface area contributed by atoms with Crippen molar-refractivity contribution in [1.29, 1.82) is 0 Å². The minimum Gasteiger partial charge on any atom is -0.481 e. The van der Waals surface area contributed by atoms with Crippen LogP contribution >= 0.6 is 0 Å². The second-order valence-electron chi connectivity index (χ2n) is 4.04. The molecule has 2 rings (SSSR count). The minimum absolute atomic E-state index is 0.0198. The van der Waals surface area contributed by atoms with Crippen molar-refractivity contribution in [2.45, 2.75) is 37.4 Å². The van der Waals surface area contributed by atoms with E-state index in [-0.39, 0.29) is 12.5 Å². The van der Waals surface area contributed by atoms with Crippen LogP contribution in [0.2, 0.25) is 0 Å². The molecular weight excluding hydrogens is 188 g/mol. The Kier molecular flexibility index (Phi) is 1.99. The van der Waals surface area contributed by atoms with Crippen molar-refractivity contribution in [3.05, 3.63) is 0 Å². The summed E-state index contributed by atoms with van der Waals surface area (Å²) < 4.78 is 5.48. The lowest BCUT2D eigenvalue weighted by atomic mass is 10.1. The molecule has 2 aliphatic rings. The Labute approximate surface area is 80.7 Å². The molecule has 0 amide bonds. The zero-order valence-corrected chi connectivity index (χ0v) is 7.60. The Morgan fingerprint density at radius 3 is 2.64 bits per heavy atom. The van der Waals surface area contributed by atoms with Crippen molar-refractivity contribution in [3.63, 3.8) is 0 Å². The summed E-state index contributed by atoms with van der Waals surface area (Å²) in [6, 6.07) is 0. The number of ether oxygens (including phenoxy) is 1. The van der Waals surface area contributed by atoms with Gasteiger partial charge in [0.1, 0.15) is 0 Å². The van der Waals surface area contributed by atoms with E-state index in [0.717, 1.165) is 0 Å². The van der Waals surface area contributed by atoms with Crippen LogP contribution in [-0.4, -0.2) is 33.9 Å². The quantitative estimate of drug-likeness (QED) is 0.692. The highest BCUT2D eigenvalue weighted by Gasteiger charge is 2.63. The molecule has 5 nitrogen and oxygen atoms in total. The van der Waals surface area contributed by atoms with Gasteiger partial charge in [0.05, 0.1) is 24.0 Å². The molecule has 78 valence electrons. The summed E-state index contributed by atoms with van der Waals surface area (Å²) in [6.07, 6.45) is 1.57. The fourth-order valence-corrected chi connectivity index (χ4v) is 2.20. The van der Waals surface area contributed by atoms with Crippen LogP contribution < -0.4 is 0 Å². The zero-order valence-electron chi connectivity index (χ0n) is 7.60. The average molecular weight is 200 g/mol. The highest BCUT2D eigenvalue weighted by atomic mass is 16.5. The number of hydrogen-bond acceptors (Lipinski definition) is 3. The first-order valence-electron chi connectivity index (χ1n) is 4.66. The molecule has 0 aromatic rings. The maximum absolute atomic E-state index is 10.7. The fourth-order valence-electron chi connectivity index (χ4n) is 2.20. The molecule has 0 aromatic carbocycles. The maximum Gasteiger partial charge on any atom is 0.309 e. The van der Waals surface area contributed by atoms with Crippen LogP contribution in [0.25, 0.3) is 0 Å². The monoisotopic (exact) mass is 200 g/mol. The van der Waals surface area contributed by atoms with E-state index in [0.29, 0.717) is 19.3 Å². The zero-order chi connectivity index (χ0) is 10.3. The van der Waals surface area contributed by atoms with Gasteiger partial charge in [-0.05, 0) is 19.3 Å². The normalized spacial score (nSPS) is 40.0. The summed E-state index contributed by atoms with van der Waals surface area (Å²) >= 11 is 0. The standard InChI is InChI=1S/C9H12O5/c10-7(11)3-5-1-2-9(14-5)4-6(9)8(12)13/h5-6H,1-4H2,(H,10,11)(H,12,13)/t5-,6-,9?/m0/s1. The molecule has 1 unspecified atom stereocenters. The summed E-state index contributed by atoms with van der Waals surface area (Å²) in [4.78, 5) is 21.1. The first kappa shape index (κ1) is 9.45. The molecule has 3 atom stereocenters. The number of carbonyl (C=O) groups is 2. The fraction of sp³-hybridized carbons (Fsp3) is 0.778. The maximum atomic E-state index is 10.7. The molecule has 1 saturated carbocycles. The summed E-state index contributed by atoms with van der Waals surface area (Å²) in [5.41, 5.74) is -0.522. The molecule has 1 saturated heterocycles. The molecule has 2 N–H and O–H groups in total. The van der Waals surface area contributed by atoms with Gasteiger partial charge >= 0.3 is 11.9 Å².